The Kier molecular flexibility index (Phi) is 4.09. The van der Waals surface area contributed by atoms with Crippen LogP contribution < -0.4 is 4.74 Å². The van der Waals surface area contributed by atoms with Crippen LogP contribution >= 0.6 is 0 Å². The number of nitro groups is 1. The maximum absolute atomic E-state index is 12.2. The first-order valence-corrected chi connectivity index (χ1v) is 4.68. The third-order valence-electron chi connectivity index (χ3n) is 2.00. The van der Waals surface area contributed by atoms with Gasteiger partial charge in [-0.3, -0.25) is 10.1 Å². The van der Waals surface area contributed by atoms with Gasteiger partial charge in [-0.15, -0.1) is 0 Å². The quantitative estimate of drug-likeness (QED) is 0.616. The zero-order valence-corrected chi connectivity index (χ0v) is 8.85. The molecular weight excluding hydrogens is 253 g/mol. The average Bonchev–Trinajstić information content (AvgIpc) is 2.28. The summed E-state index contributed by atoms with van der Waals surface area (Å²) in [5.74, 6) is -2.36. The lowest BCUT2D eigenvalue weighted by Crippen LogP contribution is -2.27. The smallest absolute Gasteiger partial charge is 0.407 e. The van der Waals surface area contributed by atoms with Gasteiger partial charge in [0.1, 0.15) is 12.4 Å². The number of nitrogens with zero attached hydrogens (tertiary/aromatic N) is 2. The van der Waals surface area contributed by atoms with Crippen LogP contribution in [-0.4, -0.2) is 17.7 Å². The molecule has 0 amide bonds. The number of ether oxygens (including phenoxy) is 1. The molecule has 0 radical (unpaired) electrons. The van der Waals surface area contributed by atoms with Gasteiger partial charge >= 0.3 is 6.18 Å². The van der Waals surface area contributed by atoms with Crippen LogP contribution in [0.15, 0.2) is 24.3 Å². The molecule has 0 saturated carbocycles. The van der Waals surface area contributed by atoms with Crippen molar-refractivity contribution >= 4 is 5.69 Å². The Morgan fingerprint density at radius 3 is 2.67 bits per heavy atom. The Labute approximate surface area is 99.5 Å². The number of nitro benzene ring substituents is 1. The molecule has 0 bridgehead atoms. The second-order valence-corrected chi connectivity index (χ2v) is 3.29. The maximum Gasteiger partial charge on any atom is 0.407 e. The second kappa shape index (κ2) is 5.35. The summed E-state index contributed by atoms with van der Waals surface area (Å²) in [5, 5.41) is 18.7. The minimum absolute atomic E-state index is 0.0892. The first kappa shape index (κ1) is 13.8. The summed E-state index contributed by atoms with van der Waals surface area (Å²) in [5.41, 5.74) is -0.298. The summed E-state index contributed by atoms with van der Waals surface area (Å²) < 4.78 is 41.4. The van der Waals surface area contributed by atoms with E-state index in [-0.39, 0.29) is 11.4 Å². The van der Waals surface area contributed by atoms with Crippen molar-refractivity contribution < 1.29 is 22.8 Å². The number of non-ortho nitro benzene ring substituents is 1. The minimum atomic E-state index is -4.69. The summed E-state index contributed by atoms with van der Waals surface area (Å²) >= 11 is 0. The molecule has 0 fully saturated rings. The lowest BCUT2D eigenvalue weighted by atomic mass is 10.2. The van der Waals surface area contributed by atoms with Crippen LogP contribution in [0.1, 0.15) is 0 Å². The van der Waals surface area contributed by atoms with E-state index in [1.54, 1.807) is 0 Å². The van der Waals surface area contributed by atoms with Crippen molar-refractivity contribution in [3.63, 3.8) is 0 Å². The molecule has 1 unspecified atom stereocenters. The molecule has 0 N–H and O–H groups in total. The van der Waals surface area contributed by atoms with Crippen LogP contribution in [0, 0.1) is 27.4 Å². The lowest BCUT2D eigenvalue weighted by molar-refractivity contribution is -0.384. The molecule has 0 spiro atoms. The fraction of sp³-hybridized carbons (Fsp3) is 0.300. The van der Waals surface area contributed by atoms with E-state index in [1.165, 1.54) is 18.2 Å². The number of benzene rings is 1. The van der Waals surface area contributed by atoms with Gasteiger partial charge < -0.3 is 4.74 Å². The molecule has 0 aliphatic heterocycles. The van der Waals surface area contributed by atoms with Gasteiger partial charge in [0, 0.05) is 6.07 Å². The summed E-state index contributed by atoms with van der Waals surface area (Å²) in [6.45, 7) is -0.902. The Morgan fingerprint density at radius 1 is 1.50 bits per heavy atom. The molecule has 8 heteroatoms. The fourth-order valence-electron chi connectivity index (χ4n) is 1.07. The summed E-state index contributed by atoms with van der Waals surface area (Å²) in [6.07, 6.45) is -4.69. The summed E-state index contributed by atoms with van der Waals surface area (Å²) in [4.78, 5) is 9.73. The van der Waals surface area contributed by atoms with Gasteiger partial charge in [0.25, 0.3) is 5.69 Å². The van der Waals surface area contributed by atoms with Gasteiger partial charge in [0.05, 0.1) is 17.1 Å². The summed E-state index contributed by atoms with van der Waals surface area (Å²) in [6, 6.07) is 5.79. The van der Waals surface area contributed by atoms with E-state index < -0.39 is 23.6 Å². The van der Waals surface area contributed by atoms with Gasteiger partial charge in [-0.25, -0.2) is 0 Å². The van der Waals surface area contributed by atoms with Crippen LogP contribution in [0.25, 0.3) is 0 Å². The molecule has 1 aromatic rings. The first-order chi connectivity index (χ1) is 8.34. The number of rotatable bonds is 4. The molecule has 18 heavy (non-hydrogen) atoms. The highest BCUT2D eigenvalue weighted by molar-refractivity contribution is 5.37. The zero-order chi connectivity index (χ0) is 13.8. The van der Waals surface area contributed by atoms with Crippen molar-refractivity contribution in [1.82, 2.24) is 0 Å². The number of halogens is 3. The predicted molar refractivity (Wildman–Crippen MR) is 53.7 cm³/mol. The zero-order valence-electron chi connectivity index (χ0n) is 8.85. The van der Waals surface area contributed by atoms with E-state index in [9.17, 15) is 23.3 Å². The third-order valence-corrected chi connectivity index (χ3v) is 2.00. The monoisotopic (exact) mass is 260 g/mol. The molecule has 1 atom stereocenters. The maximum atomic E-state index is 12.2. The fourth-order valence-corrected chi connectivity index (χ4v) is 1.07. The van der Waals surface area contributed by atoms with E-state index in [0.717, 1.165) is 12.1 Å². The largest absolute Gasteiger partial charge is 0.492 e. The molecule has 0 saturated heterocycles. The van der Waals surface area contributed by atoms with Crippen LogP contribution in [0.5, 0.6) is 5.75 Å². The summed E-state index contributed by atoms with van der Waals surface area (Å²) in [7, 11) is 0. The van der Waals surface area contributed by atoms with Crippen LogP contribution in [0.3, 0.4) is 0 Å². The van der Waals surface area contributed by atoms with E-state index in [0.29, 0.717) is 0 Å². The molecular formula is C10H7F3N2O3. The average molecular weight is 260 g/mol. The number of alkyl halides is 3. The van der Waals surface area contributed by atoms with E-state index in [4.69, 9.17) is 10.00 Å². The van der Waals surface area contributed by atoms with Gasteiger partial charge in [-0.1, -0.05) is 6.07 Å². The highest BCUT2D eigenvalue weighted by Crippen LogP contribution is 2.27. The minimum Gasteiger partial charge on any atom is -0.492 e. The Morgan fingerprint density at radius 2 is 2.17 bits per heavy atom. The van der Waals surface area contributed by atoms with E-state index in [1.807, 2.05) is 0 Å². The SMILES string of the molecule is N#CC(COc1cccc([N+](=O)[O-])c1)C(F)(F)F. The van der Waals surface area contributed by atoms with Gasteiger partial charge in [-0.05, 0) is 6.07 Å². The van der Waals surface area contributed by atoms with Crippen molar-refractivity contribution in [2.75, 3.05) is 6.61 Å². The lowest BCUT2D eigenvalue weighted by Gasteiger charge is -2.13. The highest BCUT2D eigenvalue weighted by Gasteiger charge is 2.40. The molecule has 5 nitrogen and oxygen atoms in total. The highest BCUT2D eigenvalue weighted by atomic mass is 19.4. The van der Waals surface area contributed by atoms with E-state index in [2.05, 4.69) is 0 Å². The van der Waals surface area contributed by atoms with Crippen LogP contribution in [0.4, 0.5) is 18.9 Å². The molecule has 0 aliphatic carbocycles. The van der Waals surface area contributed by atoms with E-state index >= 15 is 0 Å². The molecule has 0 aromatic heterocycles. The molecule has 1 rings (SSSR count). The van der Waals surface area contributed by atoms with Crippen molar-refractivity contribution in [2.24, 2.45) is 5.92 Å². The van der Waals surface area contributed by atoms with Gasteiger partial charge in [0.2, 0.25) is 0 Å². The normalized spacial score (nSPS) is 12.6. The number of hydrogen-bond donors (Lipinski definition) is 0. The Hall–Kier alpha value is -2.30. The number of hydrogen-bond acceptors (Lipinski definition) is 4. The molecule has 0 heterocycles. The van der Waals surface area contributed by atoms with Crippen LogP contribution in [0.2, 0.25) is 0 Å². The number of nitriles is 1. The van der Waals surface area contributed by atoms with Crippen molar-refractivity contribution in [3.05, 3.63) is 34.4 Å². The molecule has 96 valence electrons. The van der Waals surface area contributed by atoms with Crippen molar-refractivity contribution in [1.29, 1.82) is 5.26 Å². The third kappa shape index (κ3) is 3.62. The van der Waals surface area contributed by atoms with Gasteiger partial charge in [0.15, 0.2) is 5.92 Å². The first-order valence-electron chi connectivity index (χ1n) is 4.68. The van der Waals surface area contributed by atoms with Gasteiger partial charge in [-0.2, -0.15) is 18.4 Å². The predicted octanol–water partition coefficient (Wildman–Crippen LogP) is 2.68. The second-order valence-electron chi connectivity index (χ2n) is 3.29. The molecule has 1 aromatic carbocycles. The van der Waals surface area contributed by atoms with Crippen LogP contribution in [-0.2, 0) is 0 Å². The van der Waals surface area contributed by atoms with Crippen molar-refractivity contribution in [3.8, 4) is 11.8 Å². The van der Waals surface area contributed by atoms with Crippen molar-refractivity contribution in [2.45, 2.75) is 6.18 Å². The standard InChI is InChI=1S/C10H7F3N2O3/c11-10(12,13)7(5-14)6-18-9-3-1-2-8(4-9)15(16)17/h1-4,7H,6H2. The Balaban J connectivity index is 2.72. The topological polar surface area (TPSA) is 76.2 Å². The molecule has 0 aliphatic rings. The Bertz CT molecular complexity index is 482.